The van der Waals surface area contributed by atoms with E-state index in [1.54, 1.807) is 11.3 Å². The van der Waals surface area contributed by atoms with Crippen LogP contribution in [0, 0.1) is 13.8 Å². The first-order chi connectivity index (χ1) is 6.24. The van der Waals surface area contributed by atoms with Crippen molar-refractivity contribution in [2.75, 3.05) is 0 Å². The first kappa shape index (κ1) is 9.04. The predicted octanol–water partition coefficient (Wildman–Crippen LogP) is 4.26. The second kappa shape index (κ2) is 3.32. The van der Waals surface area contributed by atoms with Gasteiger partial charge in [-0.15, -0.1) is 22.9 Å². The maximum absolute atomic E-state index is 5.86. The van der Waals surface area contributed by atoms with Crippen LogP contribution in [-0.4, -0.2) is 0 Å². The van der Waals surface area contributed by atoms with Crippen LogP contribution in [0.2, 0.25) is 0 Å². The smallest absolute Gasteiger partial charge is 0.0476 e. The fourth-order valence-electron chi connectivity index (χ4n) is 1.67. The number of thiophene rings is 1. The van der Waals surface area contributed by atoms with Gasteiger partial charge in [0.05, 0.1) is 0 Å². The van der Waals surface area contributed by atoms with Gasteiger partial charge in [0.1, 0.15) is 0 Å². The standard InChI is InChI=1S/C11H11ClS/c1-7-6-13-10-4-3-9(5-12)8(2)11(7)10/h3-4,6H,5H2,1-2H3. The highest BCUT2D eigenvalue weighted by Crippen LogP contribution is 2.30. The molecule has 0 spiro atoms. The van der Waals surface area contributed by atoms with E-state index in [-0.39, 0.29) is 0 Å². The number of benzene rings is 1. The van der Waals surface area contributed by atoms with Crippen LogP contribution in [0.1, 0.15) is 16.7 Å². The molecule has 13 heavy (non-hydrogen) atoms. The molecule has 0 unspecified atom stereocenters. The van der Waals surface area contributed by atoms with Gasteiger partial charge in [-0.25, -0.2) is 0 Å². The highest BCUT2D eigenvalue weighted by Gasteiger charge is 2.06. The van der Waals surface area contributed by atoms with Gasteiger partial charge in [-0.05, 0) is 47.4 Å². The molecule has 0 radical (unpaired) electrons. The van der Waals surface area contributed by atoms with E-state index < -0.39 is 0 Å². The molecule has 2 heteroatoms. The molecule has 0 amide bonds. The van der Waals surface area contributed by atoms with E-state index in [1.165, 1.54) is 26.8 Å². The molecule has 0 atom stereocenters. The first-order valence-electron chi connectivity index (χ1n) is 4.26. The summed E-state index contributed by atoms with van der Waals surface area (Å²) >= 11 is 7.66. The minimum atomic E-state index is 0.608. The Hall–Kier alpha value is -0.530. The maximum Gasteiger partial charge on any atom is 0.0476 e. The summed E-state index contributed by atoms with van der Waals surface area (Å²) in [7, 11) is 0. The summed E-state index contributed by atoms with van der Waals surface area (Å²) in [4.78, 5) is 0. The van der Waals surface area contributed by atoms with Gasteiger partial charge in [0.15, 0.2) is 0 Å². The summed E-state index contributed by atoms with van der Waals surface area (Å²) in [5.74, 6) is 0.608. The highest BCUT2D eigenvalue weighted by atomic mass is 35.5. The zero-order chi connectivity index (χ0) is 9.42. The summed E-state index contributed by atoms with van der Waals surface area (Å²) in [5, 5.41) is 3.60. The third kappa shape index (κ3) is 1.36. The first-order valence-corrected chi connectivity index (χ1v) is 5.67. The zero-order valence-corrected chi connectivity index (χ0v) is 9.30. The van der Waals surface area contributed by atoms with Crippen LogP contribution < -0.4 is 0 Å². The van der Waals surface area contributed by atoms with Crippen molar-refractivity contribution in [2.45, 2.75) is 19.7 Å². The van der Waals surface area contributed by atoms with E-state index in [0.717, 1.165) is 0 Å². The fourth-order valence-corrected chi connectivity index (χ4v) is 2.96. The molecular weight excluding hydrogens is 200 g/mol. The van der Waals surface area contributed by atoms with Crippen molar-refractivity contribution < 1.29 is 0 Å². The van der Waals surface area contributed by atoms with Crippen molar-refractivity contribution >= 4 is 33.0 Å². The lowest BCUT2D eigenvalue weighted by Gasteiger charge is -2.03. The number of aryl methyl sites for hydroxylation is 2. The third-order valence-electron chi connectivity index (χ3n) is 2.44. The van der Waals surface area contributed by atoms with Gasteiger partial charge in [-0.3, -0.25) is 0 Å². The van der Waals surface area contributed by atoms with Crippen molar-refractivity contribution in [3.63, 3.8) is 0 Å². The van der Waals surface area contributed by atoms with E-state index in [4.69, 9.17) is 11.6 Å². The average Bonchev–Trinajstić information content (AvgIpc) is 2.49. The summed E-state index contributed by atoms with van der Waals surface area (Å²) < 4.78 is 1.36. The van der Waals surface area contributed by atoms with Crippen molar-refractivity contribution in [3.05, 3.63) is 34.2 Å². The molecule has 0 fully saturated rings. The topological polar surface area (TPSA) is 0 Å². The van der Waals surface area contributed by atoms with Gasteiger partial charge in [0, 0.05) is 10.6 Å². The van der Waals surface area contributed by atoms with E-state index in [2.05, 4.69) is 31.4 Å². The maximum atomic E-state index is 5.86. The highest BCUT2D eigenvalue weighted by molar-refractivity contribution is 7.17. The Morgan fingerprint density at radius 2 is 2.08 bits per heavy atom. The molecule has 0 aliphatic rings. The largest absolute Gasteiger partial charge is 0.144 e. The number of alkyl halides is 1. The van der Waals surface area contributed by atoms with Gasteiger partial charge < -0.3 is 0 Å². The van der Waals surface area contributed by atoms with Crippen LogP contribution >= 0.6 is 22.9 Å². The second-order valence-electron chi connectivity index (χ2n) is 3.28. The van der Waals surface area contributed by atoms with Crippen LogP contribution in [0.3, 0.4) is 0 Å². The molecule has 0 aliphatic carbocycles. The van der Waals surface area contributed by atoms with Crippen LogP contribution in [0.4, 0.5) is 0 Å². The Morgan fingerprint density at radius 3 is 2.77 bits per heavy atom. The lowest BCUT2D eigenvalue weighted by molar-refractivity contribution is 1.33. The molecule has 0 N–H and O–H groups in total. The zero-order valence-electron chi connectivity index (χ0n) is 7.73. The predicted molar refractivity (Wildman–Crippen MR) is 60.9 cm³/mol. The van der Waals surface area contributed by atoms with E-state index in [9.17, 15) is 0 Å². The van der Waals surface area contributed by atoms with E-state index >= 15 is 0 Å². The van der Waals surface area contributed by atoms with Gasteiger partial charge in [-0.2, -0.15) is 0 Å². The monoisotopic (exact) mass is 210 g/mol. The van der Waals surface area contributed by atoms with Gasteiger partial charge >= 0.3 is 0 Å². The molecule has 0 bridgehead atoms. The molecule has 68 valence electrons. The Labute approximate surface area is 87.2 Å². The lowest BCUT2D eigenvalue weighted by atomic mass is 10.0. The molecular formula is C11H11ClS. The fraction of sp³-hybridized carbons (Fsp3) is 0.273. The van der Waals surface area contributed by atoms with Crippen molar-refractivity contribution in [1.29, 1.82) is 0 Å². The summed E-state index contributed by atoms with van der Waals surface area (Å²) in [6.45, 7) is 4.31. The Balaban J connectivity index is 2.83. The molecule has 2 rings (SSSR count). The van der Waals surface area contributed by atoms with Gasteiger partial charge in [0.2, 0.25) is 0 Å². The lowest BCUT2D eigenvalue weighted by Crippen LogP contribution is -1.85. The molecule has 1 aromatic carbocycles. The van der Waals surface area contributed by atoms with Crippen molar-refractivity contribution in [2.24, 2.45) is 0 Å². The number of rotatable bonds is 1. The third-order valence-corrected chi connectivity index (χ3v) is 3.79. The van der Waals surface area contributed by atoms with Crippen LogP contribution in [-0.2, 0) is 5.88 Å². The van der Waals surface area contributed by atoms with Crippen LogP contribution in [0.15, 0.2) is 17.5 Å². The van der Waals surface area contributed by atoms with Gasteiger partial charge in [-0.1, -0.05) is 6.07 Å². The quantitative estimate of drug-likeness (QED) is 0.618. The number of hydrogen-bond acceptors (Lipinski definition) is 1. The minimum absolute atomic E-state index is 0.608. The Kier molecular flexibility index (Phi) is 2.31. The SMILES string of the molecule is Cc1csc2ccc(CCl)c(C)c12. The molecule has 0 saturated carbocycles. The molecule has 1 heterocycles. The molecule has 1 aromatic heterocycles. The van der Waals surface area contributed by atoms with Crippen LogP contribution in [0.25, 0.3) is 10.1 Å². The van der Waals surface area contributed by atoms with Gasteiger partial charge in [0.25, 0.3) is 0 Å². The normalized spacial score (nSPS) is 11.0. The van der Waals surface area contributed by atoms with E-state index in [1.807, 2.05) is 0 Å². The number of halogens is 1. The second-order valence-corrected chi connectivity index (χ2v) is 4.45. The summed E-state index contributed by atoms with van der Waals surface area (Å²) in [5.41, 5.74) is 3.95. The minimum Gasteiger partial charge on any atom is -0.144 e. The molecule has 0 saturated heterocycles. The molecule has 0 aliphatic heterocycles. The van der Waals surface area contributed by atoms with Crippen LogP contribution in [0.5, 0.6) is 0 Å². The van der Waals surface area contributed by atoms with E-state index in [0.29, 0.717) is 5.88 Å². The number of hydrogen-bond donors (Lipinski definition) is 0. The van der Waals surface area contributed by atoms with Crippen molar-refractivity contribution in [3.8, 4) is 0 Å². The Bertz CT molecular complexity index is 443. The molecule has 0 nitrogen and oxygen atoms in total. The average molecular weight is 211 g/mol. The van der Waals surface area contributed by atoms with Crippen molar-refractivity contribution in [1.82, 2.24) is 0 Å². The summed E-state index contributed by atoms with van der Waals surface area (Å²) in [6.07, 6.45) is 0. The Morgan fingerprint density at radius 1 is 1.31 bits per heavy atom. The number of fused-ring (bicyclic) bond motifs is 1. The summed E-state index contributed by atoms with van der Waals surface area (Å²) in [6, 6.07) is 4.29. The molecule has 2 aromatic rings.